The number of aromatic nitrogens is 2. The number of carbonyl (C=O) groups excluding carboxylic acids is 1. The van der Waals surface area contributed by atoms with Crippen LogP contribution in [0, 0.1) is 52.8 Å². The number of hydrogen-bond donors (Lipinski definition) is 4. The molecule has 1 saturated heterocycles. The molecule has 0 bridgehead atoms. The van der Waals surface area contributed by atoms with E-state index in [4.69, 9.17) is 24.2 Å². The largest absolute Gasteiger partial charge is 0.458 e. The monoisotopic (exact) mass is 745 g/mol. The average Bonchev–Trinajstić information content (AvgIpc) is 3.70. The number of pyridine rings is 2. The molecule has 12 heteroatoms. The quantitative estimate of drug-likeness (QED) is 0.245. The van der Waals surface area contributed by atoms with Crippen LogP contribution in [0.25, 0.3) is 11.1 Å². The molecule has 2 aromatic heterocycles. The first kappa shape index (κ1) is 38.8. The molecule has 0 radical (unpaired) electrons. The van der Waals surface area contributed by atoms with Gasteiger partial charge in [0, 0.05) is 42.3 Å². The topological polar surface area (TPSA) is 184 Å². The highest BCUT2D eigenvalue weighted by Gasteiger charge is 2.67. The molecule has 4 heterocycles. The van der Waals surface area contributed by atoms with Crippen LogP contribution in [-0.4, -0.2) is 87.4 Å². The maximum atomic E-state index is 12.4. The average molecular weight is 746 g/mol. The molecule has 5 fully saturated rings. The first-order valence-electron chi connectivity index (χ1n) is 19.6. The fraction of sp³-hybridized carbons (Fsp3) is 0.667. The molecule has 0 amide bonds. The molecular formula is C42H55N3O9. The van der Waals surface area contributed by atoms with E-state index in [9.17, 15) is 24.9 Å². The second kappa shape index (κ2) is 14.9. The van der Waals surface area contributed by atoms with Gasteiger partial charge < -0.3 is 39.3 Å². The highest BCUT2D eigenvalue weighted by atomic mass is 16.7. The first-order valence-corrected chi connectivity index (χ1v) is 19.6. The molecule has 4 saturated carbocycles. The van der Waals surface area contributed by atoms with Gasteiger partial charge in [0.2, 0.25) is 0 Å². The lowest BCUT2D eigenvalue weighted by molar-refractivity contribution is -0.313. The summed E-state index contributed by atoms with van der Waals surface area (Å²) < 4.78 is 22.8. The Morgan fingerprint density at radius 1 is 1.02 bits per heavy atom. The molecule has 8 rings (SSSR count). The zero-order chi connectivity index (χ0) is 38.6. The minimum Gasteiger partial charge on any atom is -0.458 e. The van der Waals surface area contributed by atoms with Crippen molar-refractivity contribution in [2.24, 2.45) is 34.5 Å². The number of ether oxygens (including phenoxy) is 4. The number of cyclic esters (lactones) is 1. The Kier molecular flexibility index (Phi) is 10.7. The Morgan fingerprint density at radius 3 is 2.46 bits per heavy atom. The van der Waals surface area contributed by atoms with Gasteiger partial charge in [0.05, 0.1) is 17.8 Å². The van der Waals surface area contributed by atoms with Crippen molar-refractivity contribution in [3.8, 4) is 17.2 Å². The lowest BCUT2D eigenvalue weighted by atomic mass is 9.43. The summed E-state index contributed by atoms with van der Waals surface area (Å²) in [7, 11) is 1.49. The van der Waals surface area contributed by atoms with Crippen molar-refractivity contribution in [1.82, 2.24) is 9.97 Å². The third kappa shape index (κ3) is 6.54. The van der Waals surface area contributed by atoms with Gasteiger partial charge in [0.25, 0.3) is 5.56 Å². The fourth-order valence-corrected chi connectivity index (χ4v) is 11.6. The number of methoxy groups -OCH3 is 1. The van der Waals surface area contributed by atoms with Crippen LogP contribution in [0.1, 0.15) is 89.8 Å². The lowest BCUT2D eigenvalue weighted by Gasteiger charge is -2.64. The third-order valence-electron chi connectivity index (χ3n) is 14.7. The van der Waals surface area contributed by atoms with Crippen LogP contribution in [0.3, 0.4) is 0 Å². The summed E-state index contributed by atoms with van der Waals surface area (Å²) in [4.78, 5) is 29.8. The molecule has 54 heavy (non-hydrogen) atoms. The normalized spacial score (nSPS) is 41.2. The van der Waals surface area contributed by atoms with Gasteiger partial charge in [-0.25, -0.2) is 4.79 Å². The van der Waals surface area contributed by atoms with Gasteiger partial charge in [-0.15, -0.1) is 0 Å². The number of H-pyrrole nitrogens is 1. The van der Waals surface area contributed by atoms with E-state index in [-0.39, 0.29) is 45.9 Å². The Bertz CT molecular complexity index is 1840. The predicted octanol–water partition coefficient (Wildman–Crippen LogP) is 4.73. The van der Waals surface area contributed by atoms with Crippen LogP contribution in [0.4, 0.5) is 0 Å². The van der Waals surface area contributed by atoms with Crippen LogP contribution < -0.4 is 5.56 Å². The zero-order valence-corrected chi connectivity index (χ0v) is 32.0. The molecule has 292 valence electrons. The van der Waals surface area contributed by atoms with Crippen LogP contribution in [0.2, 0.25) is 0 Å². The number of nitriles is 1. The van der Waals surface area contributed by atoms with Gasteiger partial charge in [-0.2, -0.15) is 5.26 Å². The van der Waals surface area contributed by atoms with E-state index in [2.05, 4.69) is 23.8 Å². The number of fused-ring (bicyclic) bond motifs is 5. The van der Waals surface area contributed by atoms with Crippen molar-refractivity contribution in [2.75, 3.05) is 13.7 Å². The molecule has 2 aliphatic heterocycles. The number of nitrogens with zero attached hydrogens (tertiary/aromatic N) is 2. The number of hydrogen-bond acceptors (Lipinski definition) is 11. The van der Waals surface area contributed by atoms with Crippen LogP contribution in [-0.2, 0) is 23.7 Å². The molecule has 4 aliphatic carbocycles. The van der Waals surface area contributed by atoms with Gasteiger partial charge in [-0.3, -0.25) is 9.78 Å². The number of aromatic amines is 1. The van der Waals surface area contributed by atoms with Crippen molar-refractivity contribution in [3.05, 3.63) is 63.9 Å². The summed E-state index contributed by atoms with van der Waals surface area (Å²) in [6.07, 6.45) is 9.80. The minimum absolute atomic E-state index is 0.0103. The summed E-state index contributed by atoms with van der Waals surface area (Å²) in [5.74, 6) is 1.22. The molecule has 13 atom stereocenters. The first-order chi connectivity index (χ1) is 25.7. The van der Waals surface area contributed by atoms with Crippen molar-refractivity contribution >= 4 is 5.97 Å². The zero-order valence-electron chi connectivity index (χ0n) is 32.0. The summed E-state index contributed by atoms with van der Waals surface area (Å²) >= 11 is 0. The number of aliphatic hydroxyl groups is 3. The van der Waals surface area contributed by atoms with Gasteiger partial charge in [0.15, 0.2) is 6.29 Å². The standard InChI is InChI=1S/C30H46O8.C12H9N3O/c1-16-24(32)26(35-4)25(33)27(37-16)38-19-7-10-28(2)18(14-19)5-6-22-21(28)8-11-29(3)20(9-12-30(22,29)34)17-13-23(31)36-15-17;1-8-11(9-2-4-14-5-3-9)6-10(7-13)12(16)15-8/h13,16,18-22,24-27,32-34H,5-12,14-15H2,1-4H3;2-6H,1H3,(H,15,16)/t16-,18+,19-,20+,21-,22+,24-,25-,26+,27-,28-,29+,30-;/m0./s1. The van der Waals surface area contributed by atoms with Crippen molar-refractivity contribution in [1.29, 1.82) is 5.26 Å². The highest BCUT2D eigenvalue weighted by molar-refractivity contribution is 5.85. The summed E-state index contributed by atoms with van der Waals surface area (Å²) in [5.41, 5.74) is 2.60. The second-order valence-corrected chi connectivity index (χ2v) is 17.1. The van der Waals surface area contributed by atoms with E-state index in [0.717, 1.165) is 80.2 Å². The number of carbonyl (C=O) groups is 1. The maximum absolute atomic E-state index is 12.4. The molecule has 4 N–H and O–H groups in total. The number of nitrogens with one attached hydrogen (secondary N) is 1. The highest BCUT2D eigenvalue weighted by Crippen LogP contribution is 2.70. The van der Waals surface area contributed by atoms with E-state index in [0.29, 0.717) is 18.4 Å². The van der Waals surface area contributed by atoms with Crippen molar-refractivity contribution in [3.63, 3.8) is 0 Å². The SMILES string of the molecule is CO[C@H]1[C@H](O)[C@H](O[C@H]2CC[C@@]3(C)[C@H](CC[C@@H]4[C@@H]3CC[C@]3(C)[C@@H](C5=CC(=O)OC5)CC[C@]43O)C2)O[C@@H](C)[C@@H]1O.Cc1[nH]c(=O)c(C#N)cc1-c1ccncc1. The fourth-order valence-electron chi connectivity index (χ4n) is 11.6. The number of rotatable bonds is 5. The number of esters is 1. The predicted molar refractivity (Wildman–Crippen MR) is 197 cm³/mol. The Hall–Kier alpha value is -3.44. The number of aryl methyl sites for hydroxylation is 1. The molecule has 6 aliphatic rings. The Morgan fingerprint density at radius 2 is 1.78 bits per heavy atom. The van der Waals surface area contributed by atoms with E-state index < -0.39 is 36.3 Å². The van der Waals surface area contributed by atoms with E-state index in [1.165, 1.54) is 7.11 Å². The smallest absolute Gasteiger partial charge is 0.331 e. The second-order valence-electron chi connectivity index (χ2n) is 17.1. The third-order valence-corrected chi connectivity index (χ3v) is 14.7. The summed E-state index contributed by atoms with van der Waals surface area (Å²) in [6.45, 7) is 8.68. The van der Waals surface area contributed by atoms with Crippen LogP contribution in [0.15, 0.2) is 47.0 Å². The van der Waals surface area contributed by atoms with Gasteiger partial charge >= 0.3 is 5.97 Å². The van der Waals surface area contributed by atoms with Crippen LogP contribution in [0.5, 0.6) is 0 Å². The summed E-state index contributed by atoms with van der Waals surface area (Å²) in [6, 6.07) is 7.14. The Labute approximate surface area is 316 Å². The molecular weight excluding hydrogens is 690 g/mol. The van der Waals surface area contributed by atoms with Gasteiger partial charge in [0.1, 0.15) is 36.6 Å². The molecule has 0 unspecified atom stereocenters. The van der Waals surface area contributed by atoms with E-state index >= 15 is 0 Å². The van der Waals surface area contributed by atoms with E-state index in [1.807, 2.05) is 18.2 Å². The Balaban J connectivity index is 0.000000235. The van der Waals surface area contributed by atoms with Crippen LogP contribution >= 0.6 is 0 Å². The number of aliphatic hydroxyl groups excluding tert-OH is 2. The maximum Gasteiger partial charge on any atom is 0.331 e. The molecule has 0 aromatic carbocycles. The minimum atomic E-state index is -1.04. The van der Waals surface area contributed by atoms with Gasteiger partial charge in [-0.1, -0.05) is 13.8 Å². The lowest BCUT2D eigenvalue weighted by Crippen LogP contribution is -2.62. The molecule has 12 nitrogen and oxygen atoms in total. The van der Waals surface area contributed by atoms with Crippen molar-refractivity contribution < 1.29 is 39.1 Å². The van der Waals surface area contributed by atoms with Crippen molar-refractivity contribution in [2.45, 2.75) is 128 Å². The molecule has 0 spiro atoms. The van der Waals surface area contributed by atoms with Gasteiger partial charge in [-0.05, 0) is 130 Å². The molecule has 2 aromatic rings. The van der Waals surface area contributed by atoms with E-state index in [1.54, 1.807) is 38.4 Å². The summed E-state index contributed by atoms with van der Waals surface area (Å²) in [5, 5.41) is 42.3.